The first kappa shape index (κ1) is 14.0. The van der Waals surface area contributed by atoms with Gasteiger partial charge in [0.1, 0.15) is 5.69 Å². The maximum absolute atomic E-state index is 12.6. The fraction of sp³-hybridized carbons (Fsp3) is 0.600. The quantitative estimate of drug-likeness (QED) is 0.789. The van der Waals surface area contributed by atoms with Crippen LogP contribution in [0.5, 0.6) is 0 Å². The van der Waals surface area contributed by atoms with Crippen LogP contribution in [0, 0.1) is 5.92 Å². The molecule has 0 radical (unpaired) electrons. The van der Waals surface area contributed by atoms with Crippen LogP contribution in [0.3, 0.4) is 0 Å². The van der Waals surface area contributed by atoms with Crippen molar-refractivity contribution in [1.29, 1.82) is 0 Å². The normalized spacial score (nSPS) is 27.2. The van der Waals surface area contributed by atoms with Crippen LogP contribution in [0.1, 0.15) is 29.8 Å². The fourth-order valence-corrected chi connectivity index (χ4v) is 3.95. The third-order valence-corrected chi connectivity index (χ3v) is 5.23. The molecule has 3 rings (SSSR count). The monoisotopic (exact) mass is 337 g/mol. The van der Waals surface area contributed by atoms with Gasteiger partial charge in [-0.1, -0.05) is 0 Å². The summed E-state index contributed by atoms with van der Waals surface area (Å²) < 4.78 is 0.785. The van der Waals surface area contributed by atoms with Gasteiger partial charge >= 0.3 is 0 Å². The molecule has 2 unspecified atom stereocenters. The van der Waals surface area contributed by atoms with Crippen molar-refractivity contribution in [2.75, 3.05) is 26.7 Å². The van der Waals surface area contributed by atoms with E-state index in [0.717, 1.165) is 24.0 Å². The summed E-state index contributed by atoms with van der Waals surface area (Å²) in [6, 6.07) is 4.37. The van der Waals surface area contributed by atoms with E-state index in [4.69, 9.17) is 0 Å². The van der Waals surface area contributed by atoms with Gasteiger partial charge in [0.15, 0.2) is 0 Å². The second-order valence-corrected chi connectivity index (χ2v) is 6.68. The van der Waals surface area contributed by atoms with Gasteiger partial charge in [-0.3, -0.25) is 4.79 Å². The van der Waals surface area contributed by atoms with Gasteiger partial charge in [0.25, 0.3) is 5.91 Å². The number of hydrogen-bond donors (Lipinski definition) is 0. The van der Waals surface area contributed by atoms with E-state index < -0.39 is 0 Å². The third-order valence-electron chi connectivity index (χ3n) is 4.59. The SMILES string of the molecule is CN1CCCC2CN(C(=O)c3ncccc3Br)CCC21. The summed E-state index contributed by atoms with van der Waals surface area (Å²) in [5, 5.41) is 0. The number of likely N-dealkylation sites (tertiary alicyclic amines) is 2. The average molecular weight is 338 g/mol. The number of halogens is 1. The van der Waals surface area contributed by atoms with Gasteiger partial charge in [-0.05, 0) is 66.8 Å². The van der Waals surface area contributed by atoms with Crippen molar-refractivity contribution in [2.24, 2.45) is 5.92 Å². The van der Waals surface area contributed by atoms with Crippen molar-refractivity contribution < 1.29 is 4.79 Å². The molecule has 2 aliphatic heterocycles. The predicted molar refractivity (Wildman–Crippen MR) is 81.6 cm³/mol. The molecule has 0 bridgehead atoms. The number of pyridine rings is 1. The van der Waals surface area contributed by atoms with E-state index in [1.165, 1.54) is 19.4 Å². The Morgan fingerprint density at radius 3 is 3.05 bits per heavy atom. The van der Waals surface area contributed by atoms with E-state index in [2.05, 4.69) is 32.9 Å². The summed E-state index contributed by atoms with van der Waals surface area (Å²) >= 11 is 3.42. The highest BCUT2D eigenvalue weighted by molar-refractivity contribution is 9.10. The van der Waals surface area contributed by atoms with Crippen LogP contribution in [0.4, 0.5) is 0 Å². The van der Waals surface area contributed by atoms with Crippen molar-refractivity contribution in [3.8, 4) is 0 Å². The summed E-state index contributed by atoms with van der Waals surface area (Å²) in [6.45, 7) is 2.91. The number of amides is 1. The fourth-order valence-electron chi connectivity index (χ4n) is 3.53. The van der Waals surface area contributed by atoms with Crippen molar-refractivity contribution in [2.45, 2.75) is 25.3 Å². The number of rotatable bonds is 1. The van der Waals surface area contributed by atoms with E-state index in [1.54, 1.807) is 6.20 Å². The Kier molecular flexibility index (Phi) is 4.08. The Labute approximate surface area is 128 Å². The summed E-state index contributed by atoms with van der Waals surface area (Å²) in [5.41, 5.74) is 0.537. The zero-order valence-electron chi connectivity index (χ0n) is 11.8. The van der Waals surface area contributed by atoms with Crippen LogP contribution >= 0.6 is 15.9 Å². The first-order chi connectivity index (χ1) is 9.66. The molecule has 5 heteroatoms. The predicted octanol–water partition coefficient (Wildman–Crippen LogP) is 2.40. The van der Waals surface area contributed by atoms with Crippen molar-refractivity contribution in [1.82, 2.24) is 14.8 Å². The average Bonchev–Trinajstić information content (AvgIpc) is 2.47. The van der Waals surface area contributed by atoms with Crippen LogP contribution in [0.15, 0.2) is 22.8 Å². The Balaban J connectivity index is 1.73. The maximum Gasteiger partial charge on any atom is 0.273 e. The molecular weight excluding hydrogens is 318 g/mol. The van der Waals surface area contributed by atoms with Gasteiger partial charge in [0, 0.05) is 29.8 Å². The van der Waals surface area contributed by atoms with E-state index in [0.29, 0.717) is 17.7 Å². The minimum absolute atomic E-state index is 0.0594. The van der Waals surface area contributed by atoms with Crippen LogP contribution in [0.2, 0.25) is 0 Å². The zero-order valence-corrected chi connectivity index (χ0v) is 13.3. The summed E-state index contributed by atoms with van der Waals surface area (Å²) in [4.78, 5) is 21.3. The number of fused-ring (bicyclic) bond motifs is 1. The molecule has 0 aromatic carbocycles. The van der Waals surface area contributed by atoms with E-state index >= 15 is 0 Å². The molecule has 1 aromatic heterocycles. The standard InChI is InChI=1S/C15H20BrN3O/c1-18-8-3-4-11-10-19(9-6-13(11)18)15(20)14-12(16)5-2-7-17-14/h2,5,7,11,13H,3-4,6,8-10H2,1H3. The van der Waals surface area contributed by atoms with Gasteiger partial charge in [0.05, 0.1) is 0 Å². The van der Waals surface area contributed by atoms with Crippen LogP contribution in [0.25, 0.3) is 0 Å². The Morgan fingerprint density at radius 2 is 2.25 bits per heavy atom. The number of aromatic nitrogens is 1. The second-order valence-electron chi connectivity index (χ2n) is 5.82. The Morgan fingerprint density at radius 1 is 1.40 bits per heavy atom. The molecule has 0 saturated carbocycles. The van der Waals surface area contributed by atoms with E-state index in [9.17, 15) is 4.79 Å². The Bertz CT molecular complexity index is 508. The number of carbonyl (C=O) groups is 1. The molecule has 1 aromatic rings. The van der Waals surface area contributed by atoms with Gasteiger partial charge in [0.2, 0.25) is 0 Å². The zero-order chi connectivity index (χ0) is 14.1. The minimum Gasteiger partial charge on any atom is -0.337 e. The molecule has 0 aliphatic carbocycles. The summed E-state index contributed by atoms with van der Waals surface area (Å²) in [5.74, 6) is 0.679. The molecule has 2 fully saturated rings. The lowest BCUT2D eigenvalue weighted by molar-refractivity contribution is 0.0312. The summed E-state index contributed by atoms with van der Waals surface area (Å²) in [6.07, 6.45) is 5.24. The highest BCUT2D eigenvalue weighted by Gasteiger charge is 2.36. The highest BCUT2D eigenvalue weighted by Crippen LogP contribution is 2.30. The number of hydrogen-bond acceptors (Lipinski definition) is 3. The third kappa shape index (κ3) is 2.61. The van der Waals surface area contributed by atoms with Crippen LogP contribution < -0.4 is 0 Å². The lowest BCUT2D eigenvalue weighted by atomic mass is 9.84. The first-order valence-corrected chi connectivity index (χ1v) is 8.06. The molecule has 2 atom stereocenters. The molecule has 0 N–H and O–H groups in total. The van der Waals surface area contributed by atoms with Gasteiger partial charge in [-0.25, -0.2) is 4.98 Å². The molecule has 2 aliphatic rings. The first-order valence-electron chi connectivity index (χ1n) is 7.27. The summed E-state index contributed by atoms with van der Waals surface area (Å²) in [7, 11) is 2.21. The lowest BCUT2D eigenvalue weighted by Crippen LogP contribution is -2.54. The largest absolute Gasteiger partial charge is 0.337 e. The van der Waals surface area contributed by atoms with Crippen LogP contribution in [-0.4, -0.2) is 53.4 Å². The Hall–Kier alpha value is -0.940. The van der Waals surface area contributed by atoms with E-state index in [1.807, 2.05) is 17.0 Å². The van der Waals surface area contributed by atoms with Crippen molar-refractivity contribution in [3.63, 3.8) is 0 Å². The van der Waals surface area contributed by atoms with Crippen molar-refractivity contribution in [3.05, 3.63) is 28.5 Å². The molecule has 2 saturated heterocycles. The topological polar surface area (TPSA) is 36.4 Å². The molecular formula is C15H20BrN3O. The van der Waals surface area contributed by atoms with Crippen molar-refractivity contribution >= 4 is 21.8 Å². The molecule has 108 valence electrons. The molecule has 20 heavy (non-hydrogen) atoms. The number of nitrogens with zero attached hydrogens (tertiary/aromatic N) is 3. The molecule has 4 nitrogen and oxygen atoms in total. The minimum atomic E-state index is 0.0594. The molecule has 1 amide bonds. The maximum atomic E-state index is 12.6. The van der Waals surface area contributed by atoms with Gasteiger partial charge in [-0.2, -0.15) is 0 Å². The number of carbonyl (C=O) groups excluding carboxylic acids is 1. The van der Waals surface area contributed by atoms with Gasteiger partial charge in [-0.15, -0.1) is 0 Å². The van der Waals surface area contributed by atoms with Gasteiger partial charge < -0.3 is 9.80 Å². The highest BCUT2D eigenvalue weighted by atomic mass is 79.9. The smallest absolute Gasteiger partial charge is 0.273 e. The second kappa shape index (κ2) is 5.82. The number of piperidine rings is 2. The molecule has 0 spiro atoms. The molecule has 3 heterocycles. The lowest BCUT2D eigenvalue weighted by Gasteiger charge is -2.45. The van der Waals surface area contributed by atoms with Crippen LogP contribution in [-0.2, 0) is 0 Å². The van der Waals surface area contributed by atoms with E-state index in [-0.39, 0.29) is 5.91 Å².